The third kappa shape index (κ3) is 4.07. The molecule has 0 aromatic heterocycles. The Morgan fingerprint density at radius 2 is 2.05 bits per heavy atom. The van der Waals surface area contributed by atoms with Crippen LogP contribution in [0.2, 0.25) is 0 Å². The van der Waals surface area contributed by atoms with E-state index in [-0.39, 0.29) is 18.4 Å². The molecule has 1 aliphatic heterocycles. The fraction of sp³-hybridized carbons (Fsp3) is 0.462. The van der Waals surface area contributed by atoms with E-state index in [9.17, 15) is 22.4 Å². The van der Waals surface area contributed by atoms with Gasteiger partial charge in [0.25, 0.3) is 5.91 Å². The van der Waals surface area contributed by atoms with E-state index in [1.54, 1.807) is 0 Å². The number of nitrogens with zero attached hydrogens (tertiary/aromatic N) is 1. The zero-order valence-electron chi connectivity index (χ0n) is 11.2. The molecule has 1 N–H and O–H groups in total. The van der Waals surface area contributed by atoms with Gasteiger partial charge in [-0.3, -0.25) is 4.79 Å². The quantitative estimate of drug-likeness (QED) is 0.805. The van der Waals surface area contributed by atoms with Gasteiger partial charge in [-0.15, -0.1) is 12.4 Å². The molecule has 1 atom stereocenters. The predicted octanol–water partition coefficient (Wildman–Crippen LogP) is 2.70. The standard InChI is InChI=1S/C13H14F4N2O.ClH/c1-8-7-19(5-4-18-8)12(20)10-6-9(13(15,16)17)2-3-11(10)14;/h2-3,6,8,18H,4-5,7H2,1H3;1H/t8-;/m0./s1. The van der Waals surface area contributed by atoms with E-state index in [1.165, 1.54) is 4.90 Å². The SMILES string of the molecule is C[C@H]1CN(C(=O)c2cc(C(F)(F)F)ccc2F)CCN1.Cl. The number of hydrogen-bond donors (Lipinski definition) is 1. The summed E-state index contributed by atoms with van der Waals surface area (Å²) in [4.78, 5) is 13.5. The van der Waals surface area contributed by atoms with Crippen LogP contribution in [-0.4, -0.2) is 36.5 Å². The second-order valence-electron chi connectivity index (χ2n) is 4.80. The number of alkyl halides is 3. The summed E-state index contributed by atoms with van der Waals surface area (Å²) in [6.07, 6.45) is -4.60. The van der Waals surface area contributed by atoms with Gasteiger partial charge >= 0.3 is 6.18 Å². The molecule has 0 unspecified atom stereocenters. The molecule has 1 saturated heterocycles. The molecule has 1 fully saturated rings. The van der Waals surface area contributed by atoms with Gasteiger partial charge in [0, 0.05) is 25.7 Å². The summed E-state index contributed by atoms with van der Waals surface area (Å²) in [5.41, 5.74) is -1.56. The summed E-state index contributed by atoms with van der Waals surface area (Å²) in [5.74, 6) is -1.64. The topological polar surface area (TPSA) is 32.3 Å². The van der Waals surface area contributed by atoms with Crippen molar-refractivity contribution in [1.29, 1.82) is 0 Å². The molecule has 0 radical (unpaired) electrons. The van der Waals surface area contributed by atoms with Gasteiger partial charge in [0.05, 0.1) is 11.1 Å². The first kappa shape index (κ1) is 17.7. The van der Waals surface area contributed by atoms with Crippen LogP contribution in [0.4, 0.5) is 17.6 Å². The maximum Gasteiger partial charge on any atom is 0.416 e. The van der Waals surface area contributed by atoms with Crippen LogP contribution in [0.25, 0.3) is 0 Å². The minimum Gasteiger partial charge on any atom is -0.336 e. The molecule has 118 valence electrons. The molecule has 1 aromatic carbocycles. The van der Waals surface area contributed by atoms with Crippen molar-refractivity contribution in [1.82, 2.24) is 10.2 Å². The number of hydrogen-bond acceptors (Lipinski definition) is 2. The van der Waals surface area contributed by atoms with Crippen LogP contribution in [-0.2, 0) is 6.18 Å². The van der Waals surface area contributed by atoms with E-state index in [0.717, 1.165) is 0 Å². The lowest BCUT2D eigenvalue weighted by Crippen LogP contribution is -2.51. The summed E-state index contributed by atoms with van der Waals surface area (Å²) in [6, 6.07) is 1.92. The van der Waals surface area contributed by atoms with Crippen molar-refractivity contribution in [3.05, 3.63) is 35.1 Å². The molecule has 1 amide bonds. The van der Waals surface area contributed by atoms with Crippen LogP contribution in [0, 0.1) is 5.82 Å². The van der Waals surface area contributed by atoms with E-state index in [0.29, 0.717) is 37.8 Å². The minimum absolute atomic E-state index is 0. The number of carbonyl (C=O) groups excluding carboxylic acids is 1. The summed E-state index contributed by atoms with van der Waals surface area (Å²) < 4.78 is 51.5. The highest BCUT2D eigenvalue weighted by atomic mass is 35.5. The molecule has 0 spiro atoms. The van der Waals surface area contributed by atoms with E-state index in [1.807, 2.05) is 6.92 Å². The van der Waals surface area contributed by atoms with Crippen molar-refractivity contribution in [2.75, 3.05) is 19.6 Å². The van der Waals surface area contributed by atoms with Crippen LogP contribution >= 0.6 is 12.4 Å². The second-order valence-corrected chi connectivity index (χ2v) is 4.80. The van der Waals surface area contributed by atoms with Crippen molar-refractivity contribution in [2.45, 2.75) is 19.1 Å². The highest BCUT2D eigenvalue weighted by Gasteiger charge is 2.33. The summed E-state index contributed by atoms with van der Waals surface area (Å²) in [5, 5.41) is 3.10. The smallest absolute Gasteiger partial charge is 0.336 e. The molecule has 2 rings (SSSR count). The lowest BCUT2D eigenvalue weighted by molar-refractivity contribution is -0.137. The number of benzene rings is 1. The van der Waals surface area contributed by atoms with Crippen molar-refractivity contribution < 1.29 is 22.4 Å². The lowest BCUT2D eigenvalue weighted by Gasteiger charge is -2.32. The Balaban J connectivity index is 0.00000220. The second kappa shape index (κ2) is 6.62. The van der Waals surface area contributed by atoms with Crippen LogP contribution in [0.3, 0.4) is 0 Å². The number of rotatable bonds is 1. The van der Waals surface area contributed by atoms with Crippen LogP contribution in [0.1, 0.15) is 22.8 Å². The first-order valence-electron chi connectivity index (χ1n) is 6.18. The van der Waals surface area contributed by atoms with Crippen molar-refractivity contribution >= 4 is 18.3 Å². The summed E-state index contributed by atoms with van der Waals surface area (Å²) in [7, 11) is 0. The molecule has 1 heterocycles. The fourth-order valence-corrected chi connectivity index (χ4v) is 2.15. The maximum atomic E-state index is 13.6. The van der Waals surface area contributed by atoms with Gasteiger partial charge in [-0.25, -0.2) is 4.39 Å². The molecular weight excluding hydrogens is 312 g/mol. The van der Waals surface area contributed by atoms with Crippen LogP contribution < -0.4 is 5.32 Å². The van der Waals surface area contributed by atoms with Crippen molar-refractivity contribution in [2.24, 2.45) is 0 Å². The molecule has 8 heteroatoms. The van der Waals surface area contributed by atoms with E-state index in [4.69, 9.17) is 0 Å². The van der Waals surface area contributed by atoms with E-state index >= 15 is 0 Å². The van der Waals surface area contributed by atoms with Gasteiger partial charge in [-0.2, -0.15) is 13.2 Å². The monoisotopic (exact) mass is 326 g/mol. The average molecular weight is 327 g/mol. The lowest BCUT2D eigenvalue weighted by atomic mass is 10.1. The largest absolute Gasteiger partial charge is 0.416 e. The van der Waals surface area contributed by atoms with Crippen LogP contribution in [0.5, 0.6) is 0 Å². The average Bonchev–Trinajstić information content (AvgIpc) is 2.37. The van der Waals surface area contributed by atoms with Gasteiger partial charge < -0.3 is 10.2 Å². The Kier molecular flexibility index (Phi) is 5.58. The fourth-order valence-electron chi connectivity index (χ4n) is 2.15. The molecule has 0 saturated carbocycles. The Hall–Kier alpha value is -1.34. The summed E-state index contributed by atoms with van der Waals surface area (Å²) in [6.45, 7) is 3.07. The maximum absolute atomic E-state index is 13.6. The highest BCUT2D eigenvalue weighted by molar-refractivity contribution is 5.94. The number of halogens is 5. The molecular formula is C13H15ClF4N2O. The predicted molar refractivity (Wildman–Crippen MR) is 72.0 cm³/mol. The van der Waals surface area contributed by atoms with E-state index in [2.05, 4.69) is 5.32 Å². The molecule has 0 aliphatic carbocycles. The normalized spacial score (nSPS) is 19.1. The number of piperazine rings is 1. The first-order valence-corrected chi connectivity index (χ1v) is 6.18. The number of carbonyl (C=O) groups is 1. The molecule has 1 aliphatic rings. The third-order valence-electron chi connectivity index (χ3n) is 3.18. The molecule has 0 bridgehead atoms. The zero-order chi connectivity index (χ0) is 14.9. The van der Waals surface area contributed by atoms with Gasteiger partial charge in [0.1, 0.15) is 5.82 Å². The zero-order valence-corrected chi connectivity index (χ0v) is 12.0. The van der Waals surface area contributed by atoms with Crippen LogP contribution in [0.15, 0.2) is 18.2 Å². The van der Waals surface area contributed by atoms with Gasteiger partial charge in [0.15, 0.2) is 0 Å². The Morgan fingerprint density at radius 1 is 1.38 bits per heavy atom. The Bertz CT molecular complexity index is 521. The van der Waals surface area contributed by atoms with Gasteiger partial charge in [-0.05, 0) is 25.1 Å². The minimum atomic E-state index is -4.60. The number of nitrogens with one attached hydrogen (secondary N) is 1. The van der Waals surface area contributed by atoms with Crippen molar-refractivity contribution in [3.63, 3.8) is 0 Å². The Morgan fingerprint density at radius 3 is 2.62 bits per heavy atom. The molecule has 3 nitrogen and oxygen atoms in total. The number of amides is 1. The first-order chi connectivity index (χ1) is 9.29. The molecule has 21 heavy (non-hydrogen) atoms. The van der Waals surface area contributed by atoms with Gasteiger partial charge in [0.2, 0.25) is 0 Å². The van der Waals surface area contributed by atoms with E-state index < -0.39 is 29.0 Å². The van der Waals surface area contributed by atoms with Gasteiger partial charge in [-0.1, -0.05) is 0 Å². The third-order valence-corrected chi connectivity index (χ3v) is 3.18. The van der Waals surface area contributed by atoms with Crippen molar-refractivity contribution in [3.8, 4) is 0 Å². The highest BCUT2D eigenvalue weighted by Crippen LogP contribution is 2.30. The summed E-state index contributed by atoms with van der Waals surface area (Å²) >= 11 is 0. The molecule has 1 aromatic rings. The Labute approximate surface area is 125 Å².